The zero-order valence-corrected chi connectivity index (χ0v) is 8.79. The van der Waals surface area contributed by atoms with Crippen LogP contribution >= 0.6 is 0 Å². The van der Waals surface area contributed by atoms with E-state index in [1.807, 2.05) is 0 Å². The molecule has 0 saturated heterocycles. The Bertz CT molecular complexity index is 285. The second kappa shape index (κ2) is 5.21. The fraction of sp³-hybridized carbons (Fsp3) is 0.500. The summed E-state index contributed by atoms with van der Waals surface area (Å²) < 4.78 is 27.1. The van der Waals surface area contributed by atoms with Crippen molar-refractivity contribution in [3.05, 3.63) is 35.9 Å². The van der Waals surface area contributed by atoms with Gasteiger partial charge in [0.2, 0.25) is 0 Å². The molecule has 1 rings (SSSR count). The first-order valence-corrected chi connectivity index (χ1v) is 5.17. The molecule has 15 heavy (non-hydrogen) atoms. The van der Waals surface area contributed by atoms with Crippen molar-refractivity contribution in [2.75, 3.05) is 0 Å². The minimum Gasteiger partial charge on any atom is -0.393 e. The van der Waals surface area contributed by atoms with E-state index in [4.69, 9.17) is 0 Å². The summed E-state index contributed by atoms with van der Waals surface area (Å²) in [5, 5.41) is 9.23. The summed E-state index contributed by atoms with van der Waals surface area (Å²) in [6.07, 6.45) is -0.269. The molecule has 0 radical (unpaired) electrons. The number of hydrogen-bond acceptors (Lipinski definition) is 1. The Kier molecular flexibility index (Phi) is 4.21. The smallest absolute Gasteiger partial charge is 0.273 e. The minimum atomic E-state index is -2.84. The third-order valence-corrected chi connectivity index (χ3v) is 2.46. The Labute approximate surface area is 88.7 Å². The van der Waals surface area contributed by atoms with Crippen molar-refractivity contribution in [3.63, 3.8) is 0 Å². The Morgan fingerprint density at radius 2 is 1.87 bits per heavy atom. The zero-order valence-electron chi connectivity index (χ0n) is 8.79. The molecule has 1 atom stereocenters. The number of hydrogen-bond donors (Lipinski definition) is 1. The highest BCUT2D eigenvalue weighted by molar-refractivity contribution is 5.19. The molecule has 84 valence electrons. The first-order valence-electron chi connectivity index (χ1n) is 5.17. The highest BCUT2D eigenvalue weighted by Gasteiger charge is 2.31. The zero-order chi connectivity index (χ0) is 11.3. The lowest BCUT2D eigenvalue weighted by Gasteiger charge is -2.18. The average molecular weight is 214 g/mol. The molecule has 1 N–H and O–H groups in total. The molecule has 0 heterocycles. The maximum absolute atomic E-state index is 13.5. The lowest BCUT2D eigenvalue weighted by atomic mass is 10.0. The number of aliphatic hydroxyl groups is 1. The second-order valence-corrected chi connectivity index (χ2v) is 3.67. The van der Waals surface area contributed by atoms with Crippen LogP contribution in [0.5, 0.6) is 0 Å². The summed E-state index contributed by atoms with van der Waals surface area (Å²) in [4.78, 5) is 0. The highest BCUT2D eigenvalue weighted by atomic mass is 19.3. The predicted molar refractivity (Wildman–Crippen MR) is 55.9 cm³/mol. The van der Waals surface area contributed by atoms with Gasteiger partial charge in [-0.3, -0.25) is 0 Å². The Balaban J connectivity index is 2.59. The fourth-order valence-electron chi connectivity index (χ4n) is 1.38. The fourth-order valence-corrected chi connectivity index (χ4v) is 1.38. The number of rotatable bonds is 5. The molecule has 0 fully saturated rings. The number of alkyl halides is 2. The molecule has 0 aliphatic carbocycles. The molecule has 0 bridgehead atoms. The molecule has 1 aromatic rings. The molecule has 0 saturated carbocycles. The van der Waals surface area contributed by atoms with E-state index in [0.29, 0.717) is 6.42 Å². The van der Waals surface area contributed by atoms with E-state index in [2.05, 4.69) is 0 Å². The van der Waals surface area contributed by atoms with E-state index in [1.54, 1.807) is 25.1 Å². The van der Waals surface area contributed by atoms with Crippen molar-refractivity contribution in [2.45, 2.75) is 38.2 Å². The van der Waals surface area contributed by atoms with Crippen molar-refractivity contribution in [2.24, 2.45) is 0 Å². The normalized spacial score (nSPS) is 13.9. The molecule has 3 heteroatoms. The summed E-state index contributed by atoms with van der Waals surface area (Å²) in [5.41, 5.74) is 0.0216. The van der Waals surface area contributed by atoms with Crippen LogP contribution in [0.15, 0.2) is 30.3 Å². The molecular weight excluding hydrogens is 198 g/mol. The maximum Gasteiger partial charge on any atom is 0.273 e. The van der Waals surface area contributed by atoms with Crippen molar-refractivity contribution < 1.29 is 13.9 Å². The van der Waals surface area contributed by atoms with Gasteiger partial charge in [0.15, 0.2) is 0 Å². The van der Waals surface area contributed by atoms with E-state index >= 15 is 0 Å². The lowest BCUT2D eigenvalue weighted by Crippen LogP contribution is -2.17. The van der Waals surface area contributed by atoms with Crippen LogP contribution in [0.25, 0.3) is 0 Å². The minimum absolute atomic E-state index is 0.0216. The monoisotopic (exact) mass is 214 g/mol. The van der Waals surface area contributed by atoms with Gasteiger partial charge >= 0.3 is 0 Å². The van der Waals surface area contributed by atoms with E-state index in [0.717, 1.165) is 0 Å². The molecule has 0 aromatic heterocycles. The lowest BCUT2D eigenvalue weighted by molar-refractivity contribution is -0.0264. The van der Waals surface area contributed by atoms with Crippen LogP contribution in [-0.4, -0.2) is 11.2 Å². The topological polar surface area (TPSA) is 20.2 Å². The Morgan fingerprint density at radius 3 is 2.40 bits per heavy atom. The standard InChI is InChI=1S/C12H16F2O/c1-2-11(15)8-9-12(13,14)10-6-4-3-5-7-10/h3-7,11,15H,2,8-9H2,1H3. The van der Waals surface area contributed by atoms with Gasteiger partial charge in [-0.05, 0) is 12.8 Å². The summed E-state index contributed by atoms with van der Waals surface area (Å²) in [5.74, 6) is -2.84. The van der Waals surface area contributed by atoms with Gasteiger partial charge in [0, 0.05) is 12.0 Å². The van der Waals surface area contributed by atoms with Gasteiger partial charge in [-0.2, -0.15) is 0 Å². The molecule has 1 aromatic carbocycles. The first-order chi connectivity index (χ1) is 7.06. The quantitative estimate of drug-likeness (QED) is 0.797. The molecule has 0 spiro atoms. The van der Waals surface area contributed by atoms with Gasteiger partial charge in [-0.25, -0.2) is 8.78 Å². The summed E-state index contributed by atoms with van der Waals surface area (Å²) in [6, 6.07) is 7.73. The molecule has 1 nitrogen and oxygen atoms in total. The van der Waals surface area contributed by atoms with Gasteiger partial charge in [-0.1, -0.05) is 37.3 Å². The van der Waals surface area contributed by atoms with Crippen LogP contribution in [-0.2, 0) is 5.92 Å². The SMILES string of the molecule is CCC(O)CCC(F)(F)c1ccccc1. The molecular formula is C12H16F2O. The van der Waals surface area contributed by atoms with Gasteiger partial charge in [0.05, 0.1) is 6.10 Å². The number of aliphatic hydroxyl groups excluding tert-OH is 1. The molecule has 0 aliphatic rings. The van der Waals surface area contributed by atoms with Crippen molar-refractivity contribution in [1.29, 1.82) is 0 Å². The summed E-state index contributed by atoms with van der Waals surface area (Å²) in [7, 11) is 0. The Hall–Kier alpha value is -0.960. The van der Waals surface area contributed by atoms with E-state index in [9.17, 15) is 13.9 Å². The van der Waals surface area contributed by atoms with E-state index < -0.39 is 12.0 Å². The second-order valence-electron chi connectivity index (χ2n) is 3.67. The van der Waals surface area contributed by atoms with Gasteiger partial charge in [0.25, 0.3) is 5.92 Å². The van der Waals surface area contributed by atoms with E-state index in [1.165, 1.54) is 12.1 Å². The van der Waals surface area contributed by atoms with Crippen molar-refractivity contribution in [3.8, 4) is 0 Å². The van der Waals surface area contributed by atoms with Crippen LogP contribution in [0, 0.1) is 0 Å². The van der Waals surface area contributed by atoms with Gasteiger partial charge in [0.1, 0.15) is 0 Å². The van der Waals surface area contributed by atoms with Crippen LogP contribution in [0.2, 0.25) is 0 Å². The number of halogens is 2. The van der Waals surface area contributed by atoms with Gasteiger partial charge in [-0.15, -0.1) is 0 Å². The largest absolute Gasteiger partial charge is 0.393 e. The van der Waals surface area contributed by atoms with Crippen LogP contribution in [0.4, 0.5) is 8.78 Å². The molecule has 0 aliphatic heterocycles. The Morgan fingerprint density at radius 1 is 1.27 bits per heavy atom. The molecule has 1 unspecified atom stereocenters. The van der Waals surface area contributed by atoms with Crippen LogP contribution in [0.1, 0.15) is 31.7 Å². The summed E-state index contributed by atoms with van der Waals surface area (Å²) >= 11 is 0. The third-order valence-electron chi connectivity index (χ3n) is 2.46. The van der Waals surface area contributed by atoms with Crippen molar-refractivity contribution >= 4 is 0 Å². The van der Waals surface area contributed by atoms with Crippen LogP contribution < -0.4 is 0 Å². The molecule has 0 amide bonds. The summed E-state index contributed by atoms with van der Waals surface area (Å²) in [6.45, 7) is 1.78. The first kappa shape index (κ1) is 12.1. The van der Waals surface area contributed by atoms with Gasteiger partial charge < -0.3 is 5.11 Å². The predicted octanol–water partition coefficient (Wildman–Crippen LogP) is 3.33. The average Bonchev–Trinajstić information content (AvgIpc) is 2.27. The highest BCUT2D eigenvalue weighted by Crippen LogP contribution is 2.33. The van der Waals surface area contributed by atoms with Crippen LogP contribution in [0.3, 0.4) is 0 Å². The number of benzene rings is 1. The van der Waals surface area contributed by atoms with Crippen molar-refractivity contribution in [1.82, 2.24) is 0 Å². The van der Waals surface area contributed by atoms with E-state index in [-0.39, 0.29) is 18.4 Å². The maximum atomic E-state index is 13.5. The third kappa shape index (κ3) is 3.59.